The van der Waals surface area contributed by atoms with E-state index >= 15 is 0 Å². The Bertz CT molecular complexity index is 1130. The van der Waals surface area contributed by atoms with Gasteiger partial charge in [0.1, 0.15) is 11.5 Å². The minimum absolute atomic E-state index is 0.0232. The Labute approximate surface area is 200 Å². The van der Waals surface area contributed by atoms with Crippen LogP contribution in [0.1, 0.15) is 58.3 Å². The van der Waals surface area contributed by atoms with Crippen LogP contribution in [-0.4, -0.2) is 70.8 Å². The molecule has 1 aromatic heterocycles. The molecule has 182 valence electrons. The maximum absolute atomic E-state index is 13.3. The number of aryl methyl sites for hydroxylation is 2. The van der Waals surface area contributed by atoms with Crippen LogP contribution < -0.4 is 0 Å². The fourth-order valence-corrected chi connectivity index (χ4v) is 4.54. The molecule has 8 heteroatoms. The van der Waals surface area contributed by atoms with E-state index in [4.69, 9.17) is 4.74 Å². The minimum atomic E-state index is -0.734. The van der Waals surface area contributed by atoms with E-state index < -0.39 is 23.7 Å². The SMILES string of the molecule is CCN(CC)CCN1C(=O)C(=O)C(=C(O)c2c(C)[nH]c(C(=O)OC)c2C)[C@@H]1c1ccc(C)cc1. The van der Waals surface area contributed by atoms with Crippen LogP contribution in [0.2, 0.25) is 0 Å². The second-order valence-corrected chi connectivity index (χ2v) is 8.55. The van der Waals surface area contributed by atoms with E-state index in [-0.39, 0.29) is 17.0 Å². The van der Waals surface area contributed by atoms with Gasteiger partial charge in [-0.1, -0.05) is 43.7 Å². The molecule has 0 radical (unpaired) electrons. The molecule has 1 aliphatic rings. The monoisotopic (exact) mass is 467 g/mol. The third-order valence-corrected chi connectivity index (χ3v) is 6.55. The summed E-state index contributed by atoms with van der Waals surface area (Å²) in [5.41, 5.74) is 3.30. The highest BCUT2D eigenvalue weighted by Crippen LogP contribution is 2.40. The van der Waals surface area contributed by atoms with Gasteiger partial charge in [-0.2, -0.15) is 0 Å². The summed E-state index contributed by atoms with van der Waals surface area (Å²) in [7, 11) is 1.27. The summed E-state index contributed by atoms with van der Waals surface area (Å²) in [5.74, 6) is -2.24. The van der Waals surface area contributed by atoms with Gasteiger partial charge in [-0.05, 0) is 45.0 Å². The lowest BCUT2D eigenvalue weighted by Crippen LogP contribution is -2.38. The van der Waals surface area contributed by atoms with Crippen molar-refractivity contribution < 1.29 is 24.2 Å². The highest BCUT2D eigenvalue weighted by Gasteiger charge is 2.46. The molecule has 1 aromatic carbocycles. The van der Waals surface area contributed by atoms with Crippen molar-refractivity contribution in [2.75, 3.05) is 33.3 Å². The molecular weight excluding hydrogens is 434 g/mol. The Kier molecular flexibility index (Phi) is 7.61. The Morgan fingerprint density at radius 2 is 1.74 bits per heavy atom. The molecular formula is C26H33N3O5. The molecule has 0 saturated carbocycles. The van der Waals surface area contributed by atoms with Gasteiger partial charge in [-0.25, -0.2) is 4.79 Å². The number of aliphatic hydroxyl groups is 1. The second kappa shape index (κ2) is 10.3. The van der Waals surface area contributed by atoms with E-state index in [1.807, 2.05) is 45.0 Å². The predicted octanol–water partition coefficient (Wildman–Crippen LogP) is 3.49. The first kappa shape index (κ1) is 25.2. The number of carbonyl (C=O) groups excluding carboxylic acids is 3. The van der Waals surface area contributed by atoms with Gasteiger partial charge in [-0.15, -0.1) is 0 Å². The molecule has 34 heavy (non-hydrogen) atoms. The zero-order valence-corrected chi connectivity index (χ0v) is 20.7. The number of hydrogen-bond donors (Lipinski definition) is 2. The number of H-pyrrole nitrogens is 1. The van der Waals surface area contributed by atoms with Crippen LogP contribution in [0.15, 0.2) is 29.8 Å². The zero-order chi connectivity index (χ0) is 25.2. The van der Waals surface area contributed by atoms with Gasteiger partial charge in [0, 0.05) is 24.3 Å². The number of aliphatic hydroxyl groups excluding tert-OH is 1. The average molecular weight is 468 g/mol. The quantitative estimate of drug-likeness (QED) is 0.267. The number of likely N-dealkylation sites (tertiary alicyclic amines) is 1. The van der Waals surface area contributed by atoms with Gasteiger partial charge in [0.15, 0.2) is 0 Å². The Morgan fingerprint density at radius 3 is 2.29 bits per heavy atom. The number of hydrogen-bond acceptors (Lipinski definition) is 6. The summed E-state index contributed by atoms with van der Waals surface area (Å²) in [5, 5.41) is 11.4. The number of esters is 1. The van der Waals surface area contributed by atoms with Gasteiger partial charge in [-0.3, -0.25) is 9.59 Å². The van der Waals surface area contributed by atoms with E-state index in [1.54, 1.807) is 13.8 Å². The van der Waals surface area contributed by atoms with Gasteiger partial charge < -0.3 is 24.6 Å². The van der Waals surface area contributed by atoms with Crippen LogP contribution in [0.5, 0.6) is 0 Å². The van der Waals surface area contributed by atoms with Crippen LogP contribution in [-0.2, 0) is 14.3 Å². The van der Waals surface area contributed by atoms with Gasteiger partial charge in [0.05, 0.1) is 18.7 Å². The van der Waals surface area contributed by atoms with Crippen molar-refractivity contribution in [3.8, 4) is 0 Å². The lowest BCUT2D eigenvalue weighted by atomic mass is 9.93. The van der Waals surface area contributed by atoms with E-state index in [0.29, 0.717) is 29.9 Å². The van der Waals surface area contributed by atoms with Crippen LogP contribution in [0.25, 0.3) is 5.76 Å². The molecule has 1 atom stereocenters. The van der Waals surface area contributed by atoms with Crippen molar-refractivity contribution in [2.24, 2.45) is 0 Å². The fourth-order valence-electron chi connectivity index (χ4n) is 4.54. The molecule has 1 aliphatic heterocycles. The number of carbonyl (C=O) groups is 3. The maximum Gasteiger partial charge on any atom is 0.354 e. The van der Waals surface area contributed by atoms with Crippen LogP contribution in [0.4, 0.5) is 0 Å². The van der Waals surface area contributed by atoms with E-state index in [1.165, 1.54) is 12.0 Å². The Balaban J connectivity index is 2.17. The first-order valence-corrected chi connectivity index (χ1v) is 11.5. The Morgan fingerprint density at radius 1 is 1.12 bits per heavy atom. The van der Waals surface area contributed by atoms with Crippen molar-refractivity contribution in [2.45, 2.75) is 40.7 Å². The number of ketones is 1. The summed E-state index contributed by atoms with van der Waals surface area (Å²) in [4.78, 5) is 45.2. The van der Waals surface area contributed by atoms with Crippen molar-refractivity contribution in [1.82, 2.24) is 14.8 Å². The topological polar surface area (TPSA) is 103 Å². The van der Waals surface area contributed by atoms with E-state index in [2.05, 4.69) is 9.88 Å². The summed E-state index contributed by atoms with van der Waals surface area (Å²) in [6.45, 7) is 12.0. The second-order valence-electron chi connectivity index (χ2n) is 8.55. The largest absolute Gasteiger partial charge is 0.507 e. The molecule has 0 unspecified atom stereocenters. The number of aromatic nitrogens is 1. The number of benzene rings is 1. The zero-order valence-electron chi connectivity index (χ0n) is 20.7. The summed E-state index contributed by atoms with van der Waals surface area (Å²) in [6.07, 6.45) is 0. The lowest BCUT2D eigenvalue weighted by Gasteiger charge is -2.28. The number of amides is 1. The summed E-state index contributed by atoms with van der Waals surface area (Å²) in [6, 6.07) is 6.86. The number of nitrogens with zero attached hydrogens (tertiary/aromatic N) is 2. The minimum Gasteiger partial charge on any atom is -0.507 e. The molecule has 8 nitrogen and oxygen atoms in total. The van der Waals surface area contributed by atoms with Crippen molar-refractivity contribution in [3.63, 3.8) is 0 Å². The van der Waals surface area contributed by atoms with Crippen LogP contribution >= 0.6 is 0 Å². The number of rotatable bonds is 8. The number of Topliss-reactive ketones (excluding diaryl/α,β-unsaturated/α-hetero) is 1. The molecule has 1 amide bonds. The maximum atomic E-state index is 13.3. The number of ether oxygens (including phenoxy) is 1. The van der Waals surface area contributed by atoms with Crippen molar-refractivity contribution in [1.29, 1.82) is 0 Å². The van der Waals surface area contributed by atoms with Crippen LogP contribution in [0, 0.1) is 20.8 Å². The van der Waals surface area contributed by atoms with E-state index in [0.717, 1.165) is 24.2 Å². The normalized spacial score (nSPS) is 17.6. The first-order valence-electron chi connectivity index (χ1n) is 11.5. The molecule has 0 spiro atoms. The third kappa shape index (κ3) is 4.50. The fraction of sp³-hybridized carbons (Fsp3) is 0.423. The molecule has 0 bridgehead atoms. The molecule has 2 N–H and O–H groups in total. The van der Waals surface area contributed by atoms with Gasteiger partial charge in [0.2, 0.25) is 0 Å². The number of nitrogens with one attached hydrogen (secondary N) is 1. The lowest BCUT2D eigenvalue weighted by molar-refractivity contribution is -0.140. The highest BCUT2D eigenvalue weighted by atomic mass is 16.5. The third-order valence-electron chi connectivity index (χ3n) is 6.55. The standard InChI is InChI=1S/C26H33N3O5/c1-7-28(8-2)13-14-29-22(18-11-9-15(3)10-12-18)20(24(31)25(29)32)23(30)19-16(4)21(26(33)34-6)27-17(19)5/h9-12,22,27,30H,7-8,13-14H2,1-6H3/t22-/m0/s1. The summed E-state index contributed by atoms with van der Waals surface area (Å²) >= 11 is 0. The van der Waals surface area contributed by atoms with Gasteiger partial charge >= 0.3 is 5.97 Å². The molecule has 3 rings (SSSR count). The average Bonchev–Trinajstić information content (AvgIpc) is 3.26. The Hall–Kier alpha value is -3.39. The molecule has 1 saturated heterocycles. The molecule has 2 heterocycles. The van der Waals surface area contributed by atoms with Crippen LogP contribution in [0.3, 0.4) is 0 Å². The first-order chi connectivity index (χ1) is 16.2. The predicted molar refractivity (Wildman–Crippen MR) is 130 cm³/mol. The summed E-state index contributed by atoms with van der Waals surface area (Å²) < 4.78 is 4.82. The molecule has 0 aliphatic carbocycles. The van der Waals surface area contributed by atoms with E-state index in [9.17, 15) is 19.5 Å². The number of methoxy groups -OCH3 is 1. The number of likely N-dealkylation sites (N-methyl/N-ethyl adjacent to an activating group) is 1. The van der Waals surface area contributed by atoms with Gasteiger partial charge in [0.25, 0.3) is 11.7 Å². The van der Waals surface area contributed by atoms with Crippen molar-refractivity contribution >= 4 is 23.4 Å². The molecule has 1 fully saturated rings. The smallest absolute Gasteiger partial charge is 0.354 e. The highest BCUT2D eigenvalue weighted by molar-refractivity contribution is 6.46. The molecule has 2 aromatic rings. The van der Waals surface area contributed by atoms with Crippen molar-refractivity contribution in [3.05, 3.63) is 63.5 Å². The number of aromatic amines is 1.